The van der Waals surface area contributed by atoms with E-state index in [9.17, 15) is 14.4 Å². The number of benzene rings is 1. The number of amides is 4. The van der Waals surface area contributed by atoms with Crippen molar-refractivity contribution in [3.63, 3.8) is 0 Å². The molecular formula is C21H25N3O4. The minimum Gasteiger partial charge on any atom is -0.321 e. The highest BCUT2D eigenvalue weighted by Gasteiger charge is 2.55. The van der Waals surface area contributed by atoms with Gasteiger partial charge in [0.05, 0.1) is 11.5 Å². The zero-order chi connectivity index (χ0) is 19.3. The summed E-state index contributed by atoms with van der Waals surface area (Å²) in [6, 6.07) is 9.22. The molecule has 7 heteroatoms. The molecule has 7 nitrogen and oxygen atoms in total. The van der Waals surface area contributed by atoms with Crippen molar-refractivity contribution in [2.45, 2.75) is 57.2 Å². The van der Waals surface area contributed by atoms with Gasteiger partial charge in [0.25, 0.3) is 0 Å². The minimum absolute atomic E-state index is 0.000519. The second kappa shape index (κ2) is 6.58. The van der Waals surface area contributed by atoms with Crippen molar-refractivity contribution in [1.29, 1.82) is 0 Å². The van der Waals surface area contributed by atoms with Crippen LogP contribution in [-0.2, 0) is 14.4 Å². The van der Waals surface area contributed by atoms with Crippen LogP contribution in [0.5, 0.6) is 0 Å². The molecule has 2 unspecified atom stereocenters. The first-order chi connectivity index (χ1) is 13.6. The fourth-order valence-corrected chi connectivity index (χ4v) is 5.15. The molecule has 0 N–H and O–H groups in total. The largest absolute Gasteiger partial charge is 0.347 e. The maximum Gasteiger partial charge on any atom is 0.347 e. The van der Waals surface area contributed by atoms with E-state index in [1.807, 2.05) is 30.3 Å². The maximum absolute atomic E-state index is 13.1. The number of hydroxylamine groups is 2. The summed E-state index contributed by atoms with van der Waals surface area (Å²) in [5, 5.41) is 1.38. The van der Waals surface area contributed by atoms with Gasteiger partial charge < -0.3 is 4.90 Å². The highest BCUT2D eigenvalue weighted by atomic mass is 16.8. The monoisotopic (exact) mass is 383 g/mol. The third kappa shape index (κ3) is 2.80. The normalized spacial score (nSPS) is 29.1. The lowest BCUT2D eigenvalue weighted by Gasteiger charge is -2.37. The van der Waals surface area contributed by atoms with Gasteiger partial charge in [-0.05, 0) is 25.7 Å². The Morgan fingerprint density at radius 3 is 2.57 bits per heavy atom. The molecule has 0 aromatic heterocycles. The van der Waals surface area contributed by atoms with E-state index in [1.54, 1.807) is 4.90 Å². The molecule has 0 radical (unpaired) electrons. The number of hydrogen-bond donors (Lipinski definition) is 0. The van der Waals surface area contributed by atoms with Crippen LogP contribution in [0.3, 0.4) is 0 Å². The summed E-state index contributed by atoms with van der Waals surface area (Å²) in [4.78, 5) is 47.3. The second-order valence-corrected chi connectivity index (χ2v) is 8.45. The molecule has 3 saturated heterocycles. The Morgan fingerprint density at radius 1 is 1.07 bits per heavy atom. The SMILES string of the molecule is O=C(N1CCCC(N2C(=O)CC3(CCCC3)C2=O)C1)N1OC1c1ccccc1. The van der Waals surface area contributed by atoms with E-state index in [0.29, 0.717) is 19.5 Å². The first kappa shape index (κ1) is 17.7. The molecule has 28 heavy (non-hydrogen) atoms. The number of urea groups is 1. The van der Waals surface area contributed by atoms with Crippen molar-refractivity contribution >= 4 is 17.8 Å². The molecule has 3 aliphatic heterocycles. The van der Waals surface area contributed by atoms with Crippen LogP contribution in [0.15, 0.2) is 30.3 Å². The number of hydrogen-bond acceptors (Lipinski definition) is 4. The molecular weight excluding hydrogens is 358 g/mol. The van der Waals surface area contributed by atoms with E-state index >= 15 is 0 Å². The van der Waals surface area contributed by atoms with Gasteiger partial charge in [-0.3, -0.25) is 14.5 Å². The molecule has 1 aliphatic carbocycles. The van der Waals surface area contributed by atoms with Gasteiger partial charge in [0, 0.05) is 25.1 Å². The molecule has 0 bridgehead atoms. The predicted octanol–water partition coefficient (Wildman–Crippen LogP) is 2.84. The first-order valence-electron chi connectivity index (χ1n) is 10.3. The van der Waals surface area contributed by atoms with Crippen LogP contribution >= 0.6 is 0 Å². The lowest BCUT2D eigenvalue weighted by atomic mass is 9.84. The summed E-state index contributed by atoms with van der Waals surface area (Å²) in [5.74, 6) is -0.0595. The van der Waals surface area contributed by atoms with Crippen LogP contribution in [0.2, 0.25) is 0 Å². The number of carbonyl (C=O) groups excluding carboxylic acids is 3. The van der Waals surface area contributed by atoms with Gasteiger partial charge in [-0.2, -0.15) is 5.06 Å². The zero-order valence-electron chi connectivity index (χ0n) is 15.9. The third-order valence-corrected chi connectivity index (χ3v) is 6.68. The third-order valence-electron chi connectivity index (χ3n) is 6.68. The number of imide groups is 1. The molecule has 1 saturated carbocycles. The zero-order valence-corrected chi connectivity index (χ0v) is 15.9. The van der Waals surface area contributed by atoms with E-state index in [0.717, 1.165) is 44.1 Å². The Kier molecular flexibility index (Phi) is 4.16. The Labute approximate surface area is 164 Å². The topological polar surface area (TPSA) is 73.2 Å². The van der Waals surface area contributed by atoms with Gasteiger partial charge in [-0.25, -0.2) is 9.63 Å². The predicted molar refractivity (Wildman–Crippen MR) is 99.5 cm³/mol. The number of carbonyl (C=O) groups is 3. The van der Waals surface area contributed by atoms with Crippen LogP contribution in [-0.4, -0.2) is 51.8 Å². The standard InChI is InChI=1S/C21H25N3O4/c25-17-13-21(10-4-5-11-21)19(26)23(17)16-9-6-12-22(14-16)20(27)24-18(28-24)15-7-2-1-3-8-15/h1-3,7-8,16,18H,4-6,9-14H2. The average molecular weight is 383 g/mol. The number of piperidine rings is 1. The molecule has 1 aromatic rings. The van der Waals surface area contributed by atoms with Crippen LogP contribution in [0.25, 0.3) is 0 Å². The first-order valence-corrected chi connectivity index (χ1v) is 10.3. The summed E-state index contributed by atoms with van der Waals surface area (Å²) in [6.07, 6.45) is 5.25. The van der Waals surface area contributed by atoms with Crippen molar-refractivity contribution in [1.82, 2.24) is 14.9 Å². The summed E-state index contributed by atoms with van der Waals surface area (Å²) >= 11 is 0. The Bertz CT molecular complexity index is 805. The van der Waals surface area contributed by atoms with Crippen molar-refractivity contribution < 1.29 is 19.2 Å². The smallest absolute Gasteiger partial charge is 0.321 e. The molecule has 5 rings (SSSR count). The minimum atomic E-state index is -0.453. The summed E-state index contributed by atoms with van der Waals surface area (Å²) in [6.45, 7) is 1.02. The summed E-state index contributed by atoms with van der Waals surface area (Å²) < 4.78 is 0. The van der Waals surface area contributed by atoms with Crippen molar-refractivity contribution in [2.75, 3.05) is 13.1 Å². The van der Waals surface area contributed by atoms with Crippen LogP contribution in [0.4, 0.5) is 4.79 Å². The van der Waals surface area contributed by atoms with Crippen LogP contribution in [0.1, 0.15) is 56.7 Å². The molecule has 3 heterocycles. The van der Waals surface area contributed by atoms with Crippen molar-refractivity contribution in [2.24, 2.45) is 5.41 Å². The van der Waals surface area contributed by atoms with Crippen molar-refractivity contribution in [3.05, 3.63) is 35.9 Å². The quantitative estimate of drug-likeness (QED) is 0.581. The van der Waals surface area contributed by atoms with Gasteiger partial charge in [-0.1, -0.05) is 43.2 Å². The van der Waals surface area contributed by atoms with Gasteiger partial charge >= 0.3 is 6.03 Å². The lowest BCUT2D eigenvalue weighted by Crippen LogP contribution is -2.53. The van der Waals surface area contributed by atoms with Gasteiger partial charge in [0.2, 0.25) is 18.0 Å². The molecule has 1 spiro atoms. The highest BCUT2D eigenvalue weighted by Crippen LogP contribution is 2.48. The maximum atomic E-state index is 13.1. The Balaban J connectivity index is 1.26. The molecule has 148 valence electrons. The fourth-order valence-electron chi connectivity index (χ4n) is 5.15. The van der Waals surface area contributed by atoms with E-state index in [2.05, 4.69) is 0 Å². The van der Waals surface area contributed by atoms with Crippen LogP contribution in [0, 0.1) is 5.41 Å². The van der Waals surface area contributed by atoms with Crippen molar-refractivity contribution in [3.8, 4) is 0 Å². The van der Waals surface area contributed by atoms with E-state index in [4.69, 9.17) is 4.84 Å². The van der Waals surface area contributed by atoms with E-state index in [-0.39, 0.29) is 30.1 Å². The van der Waals surface area contributed by atoms with Gasteiger partial charge in [-0.15, -0.1) is 0 Å². The van der Waals surface area contributed by atoms with E-state index in [1.165, 1.54) is 9.96 Å². The van der Waals surface area contributed by atoms with Gasteiger partial charge in [0.15, 0.2) is 0 Å². The molecule has 4 amide bonds. The lowest BCUT2D eigenvalue weighted by molar-refractivity contribution is -0.145. The Morgan fingerprint density at radius 2 is 1.82 bits per heavy atom. The fraction of sp³-hybridized carbons (Fsp3) is 0.571. The highest BCUT2D eigenvalue weighted by molar-refractivity contribution is 6.06. The average Bonchev–Trinajstić information content (AvgIpc) is 3.31. The van der Waals surface area contributed by atoms with E-state index < -0.39 is 5.41 Å². The number of nitrogens with zero attached hydrogens (tertiary/aromatic N) is 3. The number of rotatable bonds is 2. The molecule has 4 fully saturated rings. The van der Waals surface area contributed by atoms with Crippen LogP contribution < -0.4 is 0 Å². The van der Waals surface area contributed by atoms with Gasteiger partial charge in [0.1, 0.15) is 0 Å². The molecule has 1 aromatic carbocycles. The molecule has 2 atom stereocenters. The second-order valence-electron chi connectivity index (χ2n) is 8.45. The Hall–Kier alpha value is -2.41. The molecule has 4 aliphatic rings. The summed E-state index contributed by atoms with van der Waals surface area (Å²) in [5.41, 5.74) is 0.489. The summed E-state index contributed by atoms with van der Waals surface area (Å²) in [7, 11) is 0. The number of likely N-dealkylation sites (tertiary alicyclic amines) is 2.